The van der Waals surface area contributed by atoms with E-state index in [0.29, 0.717) is 20.3 Å². The second-order valence-electron chi connectivity index (χ2n) is 5.44. The minimum Gasteiger partial charge on any atom is -0.384 e. The molecule has 24 heavy (non-hydrogen) atoms. The third-order valence-electron chi connectivity index (χ3n) is 4.10. The van der Waals surface area contributed by atoms with Crippen LogP contribution in [-0.2, 0) is 0 Å². The van der Waals surface area contributed by atoms with Crippen molar-refractivity contribution in [3.63, 3.8) is 0 Å². The zero-order chi connectivity index (χ0) is 17.4. The minimum absolute atomic E-state index is 0.110. The van der Waals surface area contributed by atoms with E-state index in [-0.39, 0.29) is 22.7 Å². The Hall–Kier alpha value is -2.91. The van der Waals surface area contributed by atoms with Crippen molar-refractivity contribution in [3.8, 4) is 6.07 Å². The van der Waals surface area contributed by atoms with Crippen molar-refractivity contribution in [2.75, 3.05) is 0 Å². The van der Waals surface area contributed by atoms with Crippen molar-refractivity contribution in [3.05, 3.63) is 61.0 Å². The van der Waals surface area contributed by atoms with Gasteiger partial charge in [0.25, 0.3) is 5.56 Å². The first-order valence-corrected chi connectivity index (χ1v) is 8.25. The zero-order valence-electron chi connectivity index (χ0n) is 13.2. The molecule has 1 atom stereocenters. The van der Waals surface area contributed by atoms with Gasteiger partial charge in [0.05, 0.1) is 16.2 Å². The number of benzene rings is 1. The van der Waals surface area contributed by atoms with Crippen LogP contribution in [0.25, 0.3) is 17.5 Å². The standard InChI is InChI=1S/C18H15N3O2S/c1-3-13-17(23)21-16(20)12(9-19)10(2)14(18(21)24-13)15(22)11-7-5-4-6-8-11/h3-8,10H,20H2,1-2H3. The Morgan fingerprint density at radius 1 is 1.38 bits per heavy atom. The number of fused-ring (bicyclic) bond motifs is 1. The maximum absolute atomic E-state index is 13.0. The number of nitriles is 1. The molecule has 0 saturated heterocycles. The van der Waals surface area contributed by atoms with Crippen molar-refractivity contribution in [2.24, 2.45) is 11.7 Å². The molecule has 0 spiro atoms. The van der Waals surface area contributed by atoms with E-state index in [1.54, 1.807) is 44.2 Å². The van der Waals surface area contributed by atoms with E-state index >= 15 is 0 Å². The summed E-state index contributed by atoms with van der Waals surface area (Å²) in [5.74, 6) is -0.551. The Morgan fingerprint density at radius 2 is 2.04 bits per heavy atom. The number of thiazole rings is 1. The first-order valence-electron chi connectivity index (χ1n) is 7.43. The SMILES string of the molecule is CC=c1sc2n(c1=O)C(N)=C(C#N)C(C)C=2C(=O)c1ccccc1. The highest BCUT2D eigenvalue weighted by Gasteiger charge is 2.31. The Labute approximate surface area is 142 Å². The van der Waals surface area contributed by atoms with Crippen LogP contribution in [0.4, 0.5) is 0 Å². The number of hydrogen-bond acceptors (Lipinski definition) is 5. The van der Waals surface area contributed by atoms with Crippen molar-refractivity contribution in [1.29, 1.82) is 5.26 Å². The van der Waals surface area contributed by atoms with Gasteiger partial charge in [-0.05, 0) is 6.92 Å². The fourth-order valence-corrected chi connectivity index (χ4v) is 3.99. The lowest BCUT2D eigenvalue weighted by Crippen LogP contribution is -2.39. The predicted octanol–water partition coefficient (Wildman–Crippen LogP) is 1.04. The number of aromatic nitrogens is 1. The summed E-state index contributed by atoms with van der Waals surface area (Å²) in [6.07, 6.45) is 1.69. The van der Waals surface area contributed by atoms with Crippen LogP contribution in [0.2, 0.25) is 0 Å². The maximum Gasteiger partial charge on any atom is 0.274 e. The molecule has 0 saturated carbocycles. The predicted molar refractivity (Wildman–Crippen MR) is 94.3 cm³/mol. The molecule has 0 radical (unpaired) electrons. The number of carbonyl (C=O) groups is 1. The van der Waals surface area contributed by atoms with Gasteiger partial charge in [-0.3, -0.25) is 14.2 Å². The highest BCUT2D eigenvalue weighted by molar-refractivity contribution is 7.07. The van der Waals surface area contributed by atoms with E-state index in [1.165, 1.54) is 15.9 Å². The minimum atomic E-state index is -0.467. The second-order valence-corrected chi connectivity index (χ2v) is 6.47. The molecule has 2 heterocycles. The van der Waals surface area contributed by atoms with E-state index in [4.69, 9.17) is 5.73 Å². The van der Waals surface area contributed by atoms with Gasteiger partial charge < -0.3 is 5.73 Å². The summed E-state index contributed by atoms with van der Waals surface area (Å²) in [5, 5.41) is 9.45. The van der Waals surface area contributed by atoms with Crippen LogP contribution in [0, 0.1) is 17.2 Å². The third kappa shape index (κ3) is 2.22. The van der Waals surface area contributed by atoms with Crippen LogP contribution >= 0.6 is 11.3 Å². The molecule has 2 aromatic rings. The first-order chi connectivity index (χ1) is 11.5. The monoisotopic (exact) mass is 337 g/mol. The van der Waals surface area contributed by atoms with Gasteiger partial charge in [0.1, 0.15) is 10.5 Å². The van der Waals surface area contributed by atoms with E-state index in [0.717, 1.165) is 0 Å². The van der Waals surface area contributed by atoms with Gasteiger partial charge in [0.2, 0.25) is 0 Å². The molecule has 2 N–H and O–H groups in total. The molecule has 0 amide bonds. The Morgan fingerprint density at radius 3 is 2.62 bits per heavy atom. The van der Waals surface area contributed by atoms with E-state index < -0.39 is 5.92 Å². The molecule has 1 aromatic carbocycles. The molecule has 1 aromatic heterocycles. The van der Waals surface area contributed by atoms with Gasteiger partial charge in [-0.2, -0.15) is 5.26 Å². The lowest BCUT2D eigenvalue weighted by atomic mass is 9.87. The fraction of sp³-hybridized carbons (Fsp3) is 0.167. The molecular weight excluding hydrogens is 322 g/mol. The highest BCUT2D eigenvalue weighted by Crippen LogP contribution is 2.28. The number of rotatable bonds is 2. The summed E-state index contributed by atoms with van der Waals surface area (Å²) < 4.78 is 2.29. The number of carbonyl (C=O) groups excluding carboxylic acids is 1. The summed E-state index contributed by atoms with van der Waals surface area (Å²) in [6, 6.07) is 10.9. The number of allylic oxidation sites excluding steroid dienone is 1. The topological polar surface area (TPSA) is 88.9 Å². The molecule has 6 heteroatoms. The van der Waals surface area contributed by atoms with Gasteiger partial charge in [-0.15, -0.1) is 11.3 Å². The Kier molecular flexibility index (Phi) is 3.96. The molecule has 3 rings (SSSR count). The molecule has 0 aliphatic carbocycles. The normalized spacial score (nSPS) is 17.6. The van der Waals surface area contributed by atoms with Gasteiger partial charge in [-0.25, -0.2) is 0 Å². The molecule has 1 unspecified atom stereocenters. The lowest BCUT2D eigenvalue weighted by molar-refractivity contribution is 0.104. The van der Waals surface area contributed by atoms with Crippen LogP contribution in [0.15, 0.2) is 40.7 Å². The first kappa shape index (κ1) is 16.0. The smallest absolute Gasteiger partial charge is 0.274 e. The molecule has 0 fully saturated rings. The van der Waals surface area contributed by atoms with Gasteiger partial charge >= 0.3 is 0 Å². The maximum atomic E-state index is 13.0. The number of ketones is 1. The summed E-state index contributed by atoms with van der Waals surface area (Å²) in [6.45, 7) is 3.52. The quantitative estimate of drug-likeness (QED) is 0.830. The molecule has 120 valence electrons. The number of Topliss-reactive ketones (excluding diaryl/α,β-unsaturated/α-hetero) is 1. The summed E-state index contributed by atoms with van der Waals surface area (Å²) >= 11 is 1.23. The van der Waals surface area contributed by atoms with Crippen molar-refractivity contribution in [2.45, 2.75) is 13.8 Å². The Bertz CT molecular complexity index is 1080. The van der Waals surface area contributed by atoms with E-state index in [1.807, 2.05) is 6.07 Å². The van der Waals surface area contributed by atoms with Crippen molar-refractivity contribution >= 4 is 34.6 Å². The molecular formula is C18H15N3O2S. The average molecular weight is 337 g/mol. The molecule has 0 bridgehead atoms. The second kappa shape index (κ2) is 5.95. The number of nitrogens with two attached hydrogens (primary N) is 1. The fourth-order valence-electron chi connectivity index (χ4n) is 2.84. The van der Waals surface area contributed by atoms with E-state index in [9.17, 15) is 14.9 Å². The number of hydrogen-bond donors (Lipinski definition) is 1. The van der Waals surface area contributed by atoms with Crippen LogP contribution in [0.3, 0.4) is 0 Å². The van der Waals surface area contributed by atoms with Crippen molar-refractivity contribution in [1.82, 2.24) is 4.57 Å². The van der Waals surface area contributed by atoms with Crippen LogP contribution < -0.4 is 20.5 Å². The third-order valence-corrected chi connectivity index (χ3v) is 5.33. The van der Waals surface area contributed by atoms with Crippen LogP contribution in [0.1, 0.15) is 24.2 Å². The average Bonchev–Trinajstić information content (AvgIpc) is 2.92. The van der Waals surface area contributed by atoms with Gasteiger partial charge in [-0.1, -0.05) is 43.3 Å². The number of nitrogens with zero attached hydrogens (tertiary/aromatic N) is 2. The zero-order valence-corrected chi connectivity index (χ0v) is 14.1. The highest BCUT2D eigenvalue weighted by atomic mass is 32.1. The van der Waals surface area contributed by atoms with Crippen LogP contribution in [0.5, 0.6) is 0 Å². The van der Waals surface area contributed by atoms with Crippen molar-refractivity contribution < 1.29 is 4.79 Å². The van der Waals surface area contributed by atoms with Gasteiger partial charge in [0, 0.05) is 17.1 Å². The summed E-state index contributed by atoms with van der Waals surface area (Å²) in [7, 11) is 0. The Balaban J connectivity index is 2.43. The largest absolute Gasteiger partial charge is 0.384 e. The van der Waals surface area contributed by atoms with Crippen LogP contribution in [-0.4, -0.2) is 10.4 Å². The summed E-state index contributed by atoms with van der Waals surface area (Å²) in [5.41, 5.74) is 6.94. The van der Waals surface area contributed by atoms with Gasteiger partial charge in [0.15, 0.2) is 5.78 Å². The molecule has 1 aliphatic rings. The lowest BCUT2D eigenvalue weighted by Gasteiger charge is -2.21. The molecule has 5 nitrogen and oxygen atoms in total. The molecule has 1 aliphatic heterocycles. The summed E-state index contributed by atoms with van der Waals surface area (Å²) in [4.78, 5) is 25.5. The van der Waals surface area contributed by atoms with E-state index in [2.05, 4.69) is 6.07 Å².